The Morgan fingerprint density at radius 3 is 2.69 bits per heavy atom. The van der Waals surface area contributed by atoms with Gasteiger partial charge in [0.15, 0.2) is 0 Å². The van der Waals surface area contributed by atoms with Crippen molar-refractivity contribution in [3.05, 3.63) is 68.5 Å². The lowest BCUT2D eigenvalue weighted by molar-refractivity contribution is 0.103. The number of anilines is 1. The highest BCUT2D eigenvalue weighted by Crippen LogP contribution is 2.43. The quantitative estimate of drug-likeness (QED) is 0.554. The number of nitrogens with zero attached hydrogens (tertiary/aromatic N) is 2. The number of carbonyl (C=O) groups excluding carboxylic acids is 1. The highest BCUT2D eigenvalue weighted by Gasteiger charge is 2.31. The van der Waals surface area contributed by atoms with E-state index in [1.807, 2.05) is 36.0 Å². The number of thiophene rings is 2. The maximum Gasteiger partial charge on any atom is 0.266 e. The summed E-state index contributed by atoms with van der Waals surface area (Å²) in [6, 6.07) is 8.07. The largest absolute Gasteiger partial charge is 0.313 e. The van der Waals surface area contributed by atoms with Gasteiger partial charge >= 0.3 is 0 Å². The van der Waals surface area contributed by atoms with E-state index in [0.29, 0.717) is 0 Å². The van der Waals surface area contributed by atoms with Crippen molar-refractivity contribution in [2.75, 3.05) is 18.4 Å². The van der Waals surface area contributed by atoms with Crippen LogP contribution in [0, 0.1) is 19.8 Å². The van der Waals surface area contributed by atoms with Crippen LogP contribution in [0.3, 0.4) is 0 Å². The van der Waals surface area contributed by atoms with Crippen molar-refractivity contribution in [1.82, 2.24) is 9.88 Å². The van der Waals surface area contributed by atoms with Crippen LogP contribution in [0.1, 0.15) is 57.0 Å². The lowest BCUT2D eigenvalue weighted by atomic mass is 9.91. The summed E-state index contributed by atoms with van der Waals surface area (Å²) in [5.41, 5.74) is 3.68. The van der Waals surface area contributed by atoms with E-state index >= 15 is 0 Å². The van der Waals surface area contributed by atoms with Crippen molar-refractivity contribution in [3.8, 4) is 0 Å². The van der Waals surface area contributed by atoms with Gasteiger partial charge in [-0.15, -0.1) is 22.7 Å². The highest BCUT2D eigenvalue weighted by atomic mass is 32.1. The van der Waals surface area contributed by atoms with E-state index in [2.05, 4.69) is 42.0 Å². The van der Waals surface area contributed by atoms with Crippen molar-refractivity contribution >= 4 is 33.6 Å². The van der Waals surface area contributed by atoms with E-state index in [4.69, 9.17) is 0 Å². The second-order valence-corrected chi connectivity index (χ2v) is 10.0. The molecule has 4 rings (SSSR count). The number of nitrogens with one attached hydrogen (secondary N) is 1. The summed E-state index contributed by atoms with van der Waals surface area (Å²) in [6.07, 6.45) is 6.20. The molecule has 0 radical (unpaired) electrons. The van der Waals surface area contributed by atoms with E-state index in [-0.39, 0.29) is 11.9 Å². The summed E-state index contributed by atoms with van der Waals surface area (Å²) in [5, 5.41) is 6.12. The first-order valence-electron chi connectivity index (χ1n) is 10.1. The van der Waals surface area contributed by atoms with Crippen LogP contribution in [0.4, 0.5) is 5.00 Å². The standard InChI is InChI=1S/C23H27N3OS2/c1-15-8-11-26(12-9-15)21(18-6-4-10-24-14-18)20-16(2)17(3)29-23(20)25-22(27)19-7-5-13-28-19/h4-7,10,13-15,21H,8-9,11-12H2,1-3H3,(H,25,27)/t21-/m0/s1. The third kappa shape index (κ3) is 4.29. The fraction of sp³-hybridized carbons (Fsp3) is 0.391. The van der Waals surface area contributed by atoms with Crippen molar-refractivity contribution in [2.45, 2.75) is 39.7 Å². The third-order valence-corrected chi connectivity index (χ3v) is 7.87. The van der Waals surface area contributed by atoms with Crippen LogP contribution in [0.15, 0.2) is 42.0 Å². The second-order valence-electron chi connectivity index (χ2n) is 7.86. The minimum absolute atomic E-state index is 0.0281. The molecule has 0 bridgehead atoms. The number of piperidine rings is 1. The Kier molecular flexibility index (Phi) is 6.13. The lowest BCUT2D eigenvalue weighted by Crippen LogP contribution is -2.37. The number of carbonyl (C=O) groups is 1. The molecular weight excluding hydrogens is 398 g/mol. The first-order chi connectivity index (χ1) is 14.0. The van der Waals surface area contributed by atoms with Crippen LogP contribution >= 0.6 is 22.7 Å². The molecule has 4 nitrogen and oxygen atoms in total. The molecule has 1 fully saturated rings. The first kappa shape index (κ1) is 20.3. The van der Waals surface area contributed by atoms with Gasteiger partial charge in [-0.3, -0.25) is 14.7 Å². The summed E-state index contributed by atoms with van der Waals surface area (Å²) in [5.74, 6) is 0.740. The van der Waals surface area contributed by atoms with Gasteiger partial charge in [0.25, 0.3) is 5.91 Å². The molecule has 4 heterocycles. The molecule has 0 aliphatic carbocycles. The Hall–Kier alpha value is -2.02. The fourth-order valence-corrected chi connectivity index (χ4v) is 5.73. The summed E-state index contributed by atoms with van der Waals surface area (Å²) >= 11 is 3.15. The molecule has 3 aromatic rings. The number of rotatable bonds is 5. The van der Waals surface area contributed by atoms with Gasteiger partial charge in [-0.1, -0.05) is 19.1 Å². The summed E-state index contributed by atoms with van der Waals surface area (Å²) in [6.45, 7) is 8.78. The van der Waals surface area contributed by atoms with Gasteiger partial charge < -0.3 is 5.32 Å². The SMILES string of the molecule is Cc1sc(NC(=O)c2cccs2)c([C@H](c2cccnc2)N2CCC(C)CC2)c1C. The molecule has 152 valence electrons. The number of pyridine rings is 1. The molecule has 1 saturated heterocycles. The number of likely N-dealkylation sites (tertiary alicyclic amines) is 1. The number of hydrogen-bond donors (Lipinski definition) is 1. The van der Waals surface area contributed by atoms with Gasteiger partial charge in [-0.2, -0.15) is 0 Å². The molecule has 3 aromatic heterocycles. The lowest BCUT2D eigenvalue weighted by Gasteiger charge is -2.37. The van der Waals surface area contributed by atoms with Crippen LogP contribution in [-0.2, 0) is 0 Å². The molecule has 1 aliphatic heterocycles. The van der Waals surface area contributed by atoms with E-state index in [0.717, 1.165) is 28.9 Å². The zero-order chi connectivity index (χ0) is 20.4. The average molecular weight is 426 g/mol. The summed E-state index contributed by atoms with van der Waals surface area (Å²) in [4.78, 5) is 21.8. The van der Waals surface area contributed by atoms with Crippen molar-refractivity contribution in [3.63, 3.8) is 0 Å². The molecule has 1 aliphatic rings. The van der Waals surface area contributed by atoms with Gasteiger partial charge in [0.2, 0.25) is 0 Å². The Morgan fingerprint density at radius 1 is 1.24 bits per heavy atom. The molecule has 0 spiro atoms. The predicted molar refractivity (Wildman–Crippen MR) is 122 cm³/mol. The van der Waals surface area contributed by atoms with Crippen molar-refractivity contribution in [2.24, 2.45) is 5.92 Å². The first-order valence-corrected chi connectivity index (χ1v) is 11.8. The zero-order valence-electron chi connectivity index (χ0n) is 17.1. The highest BCUT2D eigenvalue weighted by molar-refractivity contribution is 7.17. The summed E-state index contributed by atoms with van der Waals surface area (Å²) in [7, 11) is 0. The normalized spacial score (nSPS) is 16.7. The Balaban J connectivity index is 1.75. The van der Waals surface area contributed by atoms with Gasteiger partial charge in [-0.05, 0) is 74.3 Å². The number of aromatic nitrogens is 1. The minimum Gasteiger partial charge on any atom is -0.313 e. The number of hydrogen-bond acceptors (Lipinski definition) is 5. The fourth-order valence-electron chi connectivity index (χ4n) is 4.02. The van der Waals surface area contributed by atoms with E-state index in [1.54, 1.807) is 11.3 Å². The predicted octanol–water partition coefficient (Wildman–Crippen LogP) is 5.90. The van der Waals surface area contributed by atoms with Crippen LogP contribution in [0.5, 0.6) is 0 Å². The molecule has 6 heteroatoms. The monoisotopic (exact) mass is 425 g/mol. The Bertz CT molecular complexity index is 958. The number of amides is 1. The van der Waals surface area contributed by atoms with Gasteiger partial charge in [-0.25, -0.2) is 0 Å². The van der Waals surface area contributed by atoms with E-state index in [1.165, 1.54) is 45.7 Å². The maximum atomic E-state index is 12.8. The molecule has 1 amide bonds. The molecule has 0 saturated carbocycles. The van der Waals surface area contributed by atoms with Crippen LogP contribution < -0.4 is 5.32 Å². The van der Waals surface area contributed by atoms with E-state index in [9.17, 15) is 4.79 Å². The maximum absolute atomic E-state index is 12.8. The Labute approximate surface area is 180 Å². The zero-order valence-corrected chi connectivity index (χ0v) is 18.8. The minimum atomic E-state index is -0.0281. The average Bonchev–Trinajstić information content (AvgIpc) is 3.35. The summed E-state index contributed by atoms with van der Waals surface area (Å²) < 4.78 is 0. The van der Waals surface area contributed by atoms with Gasteiger partial charge in [0.05, 0.1) is 10.9 Å². The van der Waals surface area contributed by atoms with Crippen LogP contribution in [-0.4, -0.2) is 28.9 Å². The third-order valence-electron chi connectivity index (χ3n) is 5.86. The van der Waals surface area contributed by atoms with Crippen LogP contribution in [0.2, 0.25) is 0 Å². The van der Waals surface area contributed by atoms with Gasteiger partial charge in [0, 0.05) is 22.8 Å². The second kappa shape index (κ2) is 8.78. The van der Waals surface area contributed by atoms with Crippen LogP contribution in [0.25, 0.3) is 0 Å². The van der Waals surface area contributed by atoms with Gasteiger partial charge in [0.1, 0.15) is 5.00 Å². The molecule has 0 aromatic carbocycles. The Morgan fingerprint density at radius 2 is 2.03 bits per heavy atom. The topological polar surface area (TPSA) is 45.2 Å². The molecule has 0 unspecified atom stereocenters. The number of aryl methyl sites for hydroxylation is 1. The molecule has 1 atom stereocenters. The molecule has 1 N–H and O–H groups in total. The van der Waals surface area contributed by atoms with Crippen molar-refractivity contribution in [1.29, 1.82) is 0 Å². The smallest absolute Gasteiger partial charge is 0.266 e. The van der Waals surface area contributed by atoms with Crippen molar-refractivity contribution < 1.29 is 4.79 Å². The molecule has 29 heavy (non-hydrogen) atoms. The van der Waals surface area contributed by atoms with E-state index < -0.39 is 0 Å². The molecular formula is C23H27N3OS2.